The number of imidazole rings is 1. The molecule has 0 aromatic carbocycles. The highest BCUT2D eigenvalue weighted by molar-refractivity contribution is 7.79. The maximum Gasteiger partial charge on any atom is 0.394 e. The van der Waals surface area contributed by atoms with Crippen molar-refractivity contribution in [3.05, 3.63) is 35.8 Å². The fraction of sp³-hybridized carbons (Fsp3) is 0.273. The summed E-state index contributed by atoms with van der Waals surface area (Å²) in [4.78, 5) is 15.7. The maximum absolute atomic E-state index is 11.5. The third kappa shape index (κ3) is 4.96. The van der Waals surface area contributed by atoms with Gasteiger partial charge in [0.15, 0.2) is 5.69 Å². The van der Waals surface area contributed by atoms with Crippen LogP contribution in [0.15, 0.2) is 24.5 Å². The van der Waals surface area contributed by atoms with E-state index in [4.69, 9.17) is 22.3 Å². The van der Waals surface area contributed by atoms with Crippen LogP contribution in [0.1, 0.15) is 23.0 Å². The molecule has 0 bridgehead atoms. The van der Waals surface area contributed by atoms with Crippen molar-refractivity contribution >= 4 is 22.0 Å². The van der Waals surface area contributed by atoms with Gasteiger partial charge in [0, 0.05) is 6.20 Å². The van der Waals surface area contributed by atoms with Crippen LogP contribution < -0.4 is 0 Å². The maximum atomic E-state index is 11.5. The molecule has 0 aliphatic rings. The van der Waals surface area contributed by atoms with E-state index in [2.05, 4.69) is 4.98 Å². The third-order valence-corrected chi connectivity index (χ3v) is 2.15. The predicted octanol–water partition coefficient (Wildman–Crippen LogP) is 1.17. The topological polar surface area (TPSA) is 118 Å². The van der Waals surface area contributed by atoms with Gasteiger partial charge in [-0.2, -0.15) is 8.42 Å². The Kier molecular flexibility index (Phi) is 5.19. The lowest BCUT2D eigenvalue weighted by Gasteiger charge is -2.01. The van der Waals surface area contributed by atoms with Crippen molar-refractivity contribution in [1.29, 1.82) is 0 Å². The molecular weight excluding hydrogens is 288 g/mol. The summed E-state index contributed by atoms with van der Waals surface area (Å²) in [6.07, 6.45) is 3.36. The monoisotopic (exact) mass is 302 g/mol. The van der Waals surface area contributed by atoms with Gasteiger partial charge in [0.05, 0.1) is 12.8 Å². The van der Waals surface area contributed by atoms with E-state index in [0.717, 1.165) is 11.2 Å². The average molecular weight is 302 g/mol. The molecule has 0 radical (unpaired) electrons. The van der Waals surface area contributed by atoms with Crippen LogP contribution in [0, 0.1) is 6.92 Å². The summed E-state index contributed by atoms with van der Waals surface area (Å²) in [5.74, 6) is -0.339. The molecule has 2 aromatic rings. The molecule has 8 nitrogen and oxygen atoms in total. The molecule has 2 heterocycles. The molecule has 2 N–H and O–H groups in total. The van der Waals surface area contributed by atoms with Gasteiger partial charge >= 0.3 is 16.4 Å². The lowest BCUT2D eigenvalue weighted by Crippen LogP contribution is -2.07. The lowest BCUT2D eigenvalue weighted by molar-refractivity contribution is 0.0518. The summed E-state index contributed by atoms with van der Waals surface area (Å²) in [7, 11) is -4.67. The smallest absolute Gasteiger partial charge is 0.394 e. The van der Waals surface area contributed by atoms with E-state index in [1.807, 2.05) is 25.3 Å². The van der Waals surface area contributed by atoms with Gasteiger partial charge in [-0.05, 0) is 31.5 Å². The van der Waals surface area contributed by atoms with Gasteiger partial charge in [0.25, 0.3) is 0 Å². The number of aryl methyl sites for hydroxylation is 1. The second kappa shape index (κ2) is 6.46. The van der Waals surface area contributed by atoms with Gasteiger partial charge in [0.1, 0.15) is 5.65 Å². The van der Waals surface area contributed by atoms with Gasteiger partial charge < -0.3 is 4.74 Å². The summed E-state index contributed by atoms with van der Waals surface area (Å²) < 4.78 is 38.2. The van der Waals surface area contributed by atoms with E-state index in [1.54, 1.807) is 11.3 Å². The normalized spacial score (nSPS) is 10.8. The number of hydrogen-bond acceptors (Lipinski definition) is 5. The van der Waals surface area contributed by atoms with Gasteiger partial charge in [-0.1, -0.05) is 0 Å². The number of rotatable bonds is 2. The first-order valence-corrected chi connectivity index (χ1v) is 6.92. The highest BCUT2D eigenvalue weighted by Gasteiger charge is 2.12. The van der Waals surface area contributed by atoms with Gasteiger partial charge in [0.2, 0.25) is 0 Å². The molecule has 2 aromatic heterocycles. The van der Waals surface area contributed by atoms with Gasteiger partial charge in [-0.15, -0.1) is 0 Å². The zero-order valence-electron chi connectivity index (χ0n) is 10.8. The van der Waals surface area contributed by atoms with Gasteiger partial charge in [-0.25, -0.2) is 9.78 Å². The van der Waals surface area contributed by atoms with Gasteiger partial charge in [-0.3, -0.25) is 13.5 Å². The van der Waals surface area contributed by atoms with Crippen LogP contribution in [0.5, 0.6) is 0 Å². The molecule has 0 amide bonds. The Morgan fingerprint density at radius 3 is 2.60 bits per heavy atom. The number of ether oxygens (including phenoxy) is 1. The molecule has 20 heavy (non-hydrogen) atoms. The molecule has 2 rings (SSSR count). The van der Waals surface area contributed by atoms with E-state index in [0.29, 0.717) is 12.3 Å². The van der Waals surface area contributed by atoms with Crippen molar-refractivity contribution in [3.8, 4) is 0 Å². The van der Waals surface area contributed by atoms with Crippen molar-refractivity contribution < 1.29 is 27.1 Å². The predicted molar refractivity (Wildman–Crippen MR) is 70.1 cm³/mol. The molecule has 0 aliphatic carbocycles. The van der Waals surface area contributed by atoms with Crippen molar-refractivity contribution in [2.45, 2.75) is 13.8 Å². The number of carbonyl (C=O) groups is 1. The Morgan fingerprint density at radius 1 is 1.45 bits per heavy atom. The third-order valence-electron chi connectivity index (χ3n) is 2.15. The molecule has 0 saturated carbocycles. The Balaban J connectivity index is 0.000000347. The lowest BCUT2D eigenvalue weighted by atomic mass is 10.3. The number of fused-ring (bicyclic) bond motifs is 1. The minimum absolute atomic E-state index is 0.339. The van der Waals surface area contributed by atoms with Crippen molar-refractivity contribution in [3.63, 3.8) is 0 Å². The van der Waals surface area contributed by atoms with E-state index >= 15 is 0 Å². The molecule has 0 aliphatic heterocycles. The number of pyridine rings is 1. The van der Waals surface area contributed by atoms with Crippen molar-refractivity contribution in [2.75, 3.05) is 6.61 Å². The average Bonchev–Trinajstić information content (AvgIpc) is 2.69. The van der Waals surface area contributed by atoms with Crippen LogP contribution in [0.4, 0.5) is 0 Å². The SMILES string of the molecule is CCOC(=O)c1cnc2cc(C)ccn12.O=S(=O)(O)O. The Hall–Kier alpha value is -1.97. The summed E-state index contributed by atoms with van der Waals surface area (Å²) in [5, 5.41) is 0. The quantitative estimate of drug-likeness (QED) is 0.631. The highest BCUT2D eigenvalue weighted by atomic mass is 32.3. The first kappa shape index (κ1) is 16.1. The van der Waals surface area contributed by atoms with E-state index in [1.165, 1.54) is 6.20 Å². The van der Waals surface area contributed by atoms with Crippen LogP contribution in [-0.4, -0.2) is 39.5 Å². The number of esters is 1. The van der Waals surface area contributed by atoms with Crippen LogP contribution >= 0.6 is 0 Å². The fourth-order valence-electron chi connectivity index (χ4n) is 1.44. The Morgan fingerprint density at radius 2 is 2.05 bits per heavy atom. The van der Waals surface area contributed by atoms with Crippen molar-refractivity contribution in [2.24, 2.45) is 0 Å². The van der Waals surface area contributed by atoms with E-state index in [-0.39, 0.29) is 5.97 Å². The molecule has 0 spiro atoms. The van der Waals surface area contributed by atoms with Crippen LogP contribution in [0.3, 0.4) is 0 Å². The molecular formula is C11H14N2O6S. The standard InChI is InChI=1S/C11H12N2O2.H2O4S/c1-3-15-11(14)9-7-12-10-6-8(2)4-5-13(9)10;1-5(2,3)4/h4-7H,3H2,1-2H3;(H2,1,2,3,4). The minimum atomic E-state index is -4.67. The first-order chi connectivity index (χ1) is 9.22. The zero-order valence-corrected chi connectivity index (χ0v) is 11.7. The molecule has 0 unspecified atom stereocenters. The second-order valence-corrected chi connectivity index (χ2v) is 4.64. The first-order valence-electron chi connectivity index (χ1n) is 5.53. The summed E-state index contributed by atoms with van der Waals surface area (Å²) in [6.45, 7) is 4.14. The fourth-order valence-corrected chi connectivity index (χ4v) is 1.44. The van der Waals surface area contributed by atoms with Crippen LogP contribution in [0.2, 0.25) is 0 Å². The summed E-state index contributed by atoms with van der Waals surface area (Å²) >= 11 is 0. The Bertz CT molecular complexity index is 699. The number of nitrogens with zero attached hydrogens (tertiary/aromatic N) is 2. The van der Waals surface area contributed by atoms with Crippen LogP contribution in [-0.2, 0) is 15.1 Å². The van der Waals surface area contributed by atoms with E-state index < -0.39 is 10.4 Å². The highest BCUT2D eigenvalue weighted by Crippen LogP contribution is 2.09. The summed E-state index contributed by atoms with van der Waals surface area (Å²) in [6, 6.07) is 3.85. The minimum Gasteiger partial charge on any atom is -0.461 e. The molecule has 110 valence electrons. The number of carbonyl (C=O) groups excluding carboxylic acids is 1. The second-order valence-electron chi connectivity index (χ2n) is 3.74. The summed E-state index contributed by atoms with van der Waals surface area (Å²) in [5.41, 5.74) is 2.34. The van der Waals surface area contributed by atoms with Crippen LogP contribution in [0.25, 0.3) is 5.65 Å². The molecule has 0 atom stereocenters. The molecule has 0 saturated heterocycles. The Labute approximate surface area is 115 Å². The number of hydrogen-bond donors (Lipinski definition) is 2. The zero-order chi connectivity index (χ0) is 15.3. The molecule has 0 fully saturated rings. The van der Waals surface area contributed by atoms with E-state index in [9.17, 15) is 4.79 Å². The molecule has 9 heteroatoms. The van der Waals surface area contributed by atoms with Crippen molar-refractivity contribution in [1.82, 2.24) is 9.38 Å². The largest absolute Gasteiger partial charge is 0.461 e. The number of aromatic nitrogens is 2.